The van der Waals surface area contributed by atoms with Crippen molar-refractivity contribution < 1.29 is 19.7 Å². The second-order valence-electron chi connectivity index (χ2n) is 1.07. The number of carbonyl (C=O) groups is 2. The van der Waals surface area contributed by atoms with Crippen molar-refractivity contribution in [3.8, 4) is 0 Å². The third-order valence-electron chi connectivity index (χ3n) is 0.494. The lowest BCUT2D eigenvalue weighted by atomic mass is 10.6. The van der Waals surface area contributed by atoms with Crippen LogP contribution in [-0.2, 0) is 9.68 Å². The minimum absolute atomic E-state index is 0.728. The SMILES string of the molecule is C=CC(=O)NC(=O)OO. The van der Waals surface area contributed by atoms with Crippen molar-refractivity contribution in [2.75, 3.05) is 0 Å². The van der Waals surface area contributed by atoms with Crippen molar-refractivity contribution >= 4 is 12.0 Å². The quantitative estimate of drug-likeness (QED) is 0.296. The Morgan fingerprint density at radius 1 is 1.67 bits per heavy atom. The van der Waals surface area contributed by atoms with E-state index in [1.165, 1.54) is 0 Å². The molecule has 0 aliphatic rings. The first-order chi connectivity index (χ1) is 4.20. The Labute approximate surface area is 50.9 Å². The van der Waals surface area contributed by atoms with Gasteiger partial charge in [-0.25, -0.2) is 4.79 Å². The fraction of sp³-hybridized carbons (Fsp3) is 0. The average molecular weight is 131 g/mol. The van der Waals surface area contributed by atoms with Crippen molar-refractivity contribution in [2.45, 2.75) is 0 Å². The normalized spacial score (nSPS) is 7.67. The van der Waals surface area contributed by atoms with Crippen LogP contribution in [0.1, 0.15) is 0 Å². The maximum atomic E-state index is 10.1. The lowest BCUT2D eigenvalue weighted by Crippen LogP contribution is -2.28. The Morgan fingerprint density at radius 2 is 2.22 bits per heavy atom. The number of nitrogens with one attached hydrogen (secondary N) is 1. The topological polar surface area (TPSA) is 75.6 Å². The zero-order chi connectivity index (χ0) is 7.28. The molecule has 0 unspecified atom stereocenters. The molecular weight excluding hydrogens is 126 g/mol. The molecule has 5 nitrogen and oxygen atoms in total. The van der Waals surface area contributed by atoms with E-state index in [-0.39, 0.29) is 0 Å². The van der Waals surface area contributed by atoms with Crippen LogP contribution in [0.15, 0.2) is 12.7 Å². The highest BCUT2D eigenvalue weighted by atomic mass is 17.1. The molecule has 5 heteroatoms. The van der Waals surface area contributed by atoms with E-state index in [2.05, 4.69) is 11.5 Å². The summed E-state index contributed by atoms with van der Waals surface area (Å²) in [5.74, 6) is -0.728. The fourth-order valence-corrected chi connectivity index (χ4v) is 0.174. The molecule has 0 aromatic carbocycles. The van der Waals surface area contributed by atoms with Crippen molar-refractivity contribution in [2.24, 2.45) is 0 Å². The van der Waals surface area contributed by atoms with Gasteiger partial charge in [0, 0.05) is 0 Å². The highest BCUT2D eigenvalue weighted by molar-refractivity contribution is 5.97. The number of carbonyl (C=O) groups excluding carboxylic acids is 2. The van der Waals surface area contributed by atoms with Gasteiger partial charge < -0.3 is 0 Å². The number of rotatable bonds is 1. The molecule has 0 saturated heterocycles. The zero-order valence-corrected chi connectivity index (χ0v) is 4.46. The third-order valence-corrected chi connectivity index (χ3v) is 0.494. The van der Waals surface area contributed by atoms with Gasteiger partial charge in [0.25, 0.3) is 5.91 Å². The largest absolute Gasteiger partial charge is 0.445 e. The van der Waals surface area contributed by atoms with Gasteiger partial charge in [0.2, 0.25) is 0 Å². The molecule has 0 aliphatic heterocycles. The molecule has 0 radical (unpaired) electrons. The number of imide groups is 1. The minimum Gasteiger partial charge on any atom is -0.278 e. The van der Waals surface area contributed by atoms with Crippen molar-refractivity contribution in [3.63, 3.8) is 0 Å². The molecule has 0 aromatic rings. The molecule has 0 fully saturated rings. The van der Waals surface area contributed by atoms with Crippen LogP contribution >= 0.6 is 0 Å². The predicted octanol–water partition coefficient (Wildman–Crippen LogP) is -0.102. The van der Waals surface area contributed by atoms with Crippen molar-refractivity contribution in [3.05, 3.63) is 12.7 Å². The summed E-state index contributed by atoms with van der Waals surface area (Å²) in [6.07, 6.45) is -0.350. The summed E-state index contributed by atoms with van der Waals surface area (Å²) in [7, 11) is 0. The number of hydrogen-bond donors (Lipinski definition) is 2. The molecule has 0 heterocycles. The Kier molecular flexibility index (Phi) is 3.07. The molecular formula is C4H5NO4. The molecule has 0 aliphatic carbocycles. The van der Waals surface area contributed by atoms with Crippen LogP contribution in [-0.4, -0.2) is 17.3 Å². The second-order valence-corrected chi connectivity index (χ2v) is 1.07. The Bertz CT molecular complexity index is 142. The monoisotopic (exact) mass is 131 g/mol. The summed E-state index contributed by atoms with van der Waals surface area (Å²) >= 11 is 0. The van der Waals surface area contributed by atoms with E-state index < -0.39 is 12.0 Å². The second kappa shape index (κ2) is 3.62. The first-order valence-electron chi connectivity index (χ1n) is 1.99. The first kappa shape index (κ1) is 7.64. The summed E-state index contributed by atoms with van der Waals surface area (Å²) in [4.78, 5) is 23.2. The minimum atomic E-state index is -1.22. The number of hydrogen-bond acceptors (Lipinski definition) is 4. The molecule has 50 valence electrons. The van der Waals surface area contributed by atoms with Crippen LogP contribution in [0.25, 0.3) is 0 Å². The average Bonchev–Trinajstić information content (AvgIpc) is 1.87. The summed E-state index contributed by atoms with van der Waals surface area (Å²) in [6, 6.07) is 0. The standard InChI is InChI=1S/C4H5NO4/c1-2-3(6)5-4(7)9-8/h2,8H,1H2,(H,5,6,7). The first-order valence-corrected chi connectivity index (χ1v) is 1.99. The van der Waals surface area contributed by atoms with Crippen LogP contribution in [0.4, 0.5) is 4.79 Å². The fourth-order valence-electron chi connectivity index (χ4n) is 0.174. The Hall–Kier alpha value is -1.36. The van der Waals surface area contributed by atoms with E-state index >= 15 is 0 Å². The van der Waals surface area contributed by atoms with Crippen LogP contribution in [0.2, 0.25) is 0 Å². The van der Waals surface area contributed by atoms with Crippen LogP contribution < -0.4 is 5.32 Å². The van der Waals surface area contributed by atoms with E-state index in [4.69, 9.17) is 5.26 Å². The van der Waals surface area contributed by atoms with Gasteiger partial charge in [0.05, 0.1) is 0 Å². The van der Waals surface area contributed by atoms with E-state index in [0.29, 0.717) is 0 Å². The van der Waals surface area contributed by atoms with Gasteiger partial charge >= 0.3 is 6.09 Å². The van der Waals surface area contributed by atoms with Crippen molar-refractivity contribution in [1.29, 1.82) is 0 Å². The van der Waals surface area contributed by atoms with Gasteiger partial charge in [-0.1, -0.05) is 6.58 Å². The smallest absolute Gasteiger partial charge is 0.278 e. The van der Waals surface area contributed by atoms with E-state index in [1.807, 2.05) is 0 Å². The highest BCUT2D eigenvalue weighted by Crippen LogP contribution is 1.71. The van der Waals surface area contributed by atoms with E-state index in [9.17, 15) is 9.59 Å². The van der Waals surface area contributed by atoms with Crippen molar-refractivity contribution in [1.82, 2.24) is 5.32 Å². The molecule has 9 heavy (non-hydrogen) atoms. The van der Waals surface area contributed by atoms with E-state index in [1.54, 1.807) is 5.32 Å². The summed E-state index contributed by atoms with van der Waals surface area (Å²) in [5.41, 5.74) is 0. The molecule has 0 bridgehead atoms. The summed E-state index contributed by atoms with van der Waals surface area (Å²) in [6.45, 7) is 3.05. The lowest BCUT2D eigenvalue weighted by Gasteiger charge is -1.92. The Balaban J connectivity index is 3.59. The predicted molar refractivity (Wildman–Crippen MR) is 27.4 cm³/mol. The molecule has 0 spiro atoms. The van der Waals surface area contributed by atoms with Gasteiger partial charge in [0.1, 0.15) is 0 Å². The van der Waals surface area contributed by atoms with Crippen LogP contribution in [0.3, 0.4) is 0 Å². The van der Waals surface area contributed by atoms with Crippen LogP contribution in [0.5, 0.6) is 0 Å². The number of amides is 2. The zero-order valence-electron chi connectivity index (χ0n) is 4.46. The highest BCUT2D eigenvalue weighted by Gasteiger charge is 2.02. The Morgan fingerprint density at radius 3 is 2.56 bits per heavy atom. The molecule has 0 saturated carbocycles. The molecule has 0 aromatic heterocycles. The summed E-state index contributed by atoms with van der Waals surface area (Å²) in [5, 5.41) is 9.19. The molecule has 0 rings (SSSR count). The van der Waals surface area contributed by atoms with Gasteiger partial charge in [-0.2, -0.15) is 5.26 Å². The van der Waals surface area contributed by atoms with Gasteiger partial charge in [-0.05, 0) is 6.08 Å². The van der Waals surface area contributed by atoms with E-state index in [0.717, 1.165) is 6.08 Å². The maximum absolute atomic E-state index is 10.1. The van der Waals surface area contributed by atoms with Gasteiger partial charge in [-0.15, -0.1) is 0 Å². The molecule has 2 N–H and O–H groups in total. The van der Waals surface area contributed by atoms with Gasteiger partial charge in [-0.3, -0.25) is 15.0 Å². The maximum Gasteiger partial charge on any atom is 0.445 e. The van der Waals surface area contributed by atoms with Gasteiger partial charge in [0.15, 0.2) is 0 Å². The molecule has 2 amide bonds. The molecule has 0 atom stereocenters. The lowest BCUT2D eigenvalue weighted by molar-refractivity contribution is -0.178. The summed E-state index contributed by atoms with van der Waals surface area (Å²) < 4.78 is 0. The third kappa shape index (κ3) is 3.24. The van der Waals surface area contributed by atoms with Crippen LogP contribution in [0, 0.1) is 0 Å².